The molecule has 1 nitrogen and oxygen atoms in total. The topological polar surface area (TPSA) is 12.0 Å². The van der Waals surface area contributed by atoms with Crippen LogP contribution in [-0.4, -0.2) is 7.05 Å². The Morgan fingerprint density at radius 2 is 1.78 bits per heavy atom. The lowest BCUT2D eigenvalue weighted by atomic mass is 9.97. The maximum absolute atomic E-state index is 3.40. The van der Waals surface area contributed by atoms with Gasteiger partial charge in [-0.05, 0) is 64.9 Å². The van der Waals surface area contributed by atoms with Crippen molar-refractivity contribution >= 4 is 22.6 Å². The highest BCUT2D eigenvalue weighted by atomic mass is 127. The van der Waals surface area contributed by atoms with Gasteiger partial charge in [0.25, 0.3) is 0 Å². The van der Waals surface area contributed by atoms with Crippen molar-refractivity contribution in [2.45, 2.75) is 19.4 Å². The largest absolute Gasteiger partial charge is 0.309 e. The predicted octanol–water partition coefficient (Wildman–Crippen LogP) is 4.16. The average Bonchev–Trinajstić information content (AvgIpc) is 2.42. The summed E-state index contributed by atoms with van der Waals surface area (Å²) in [7, 11) is 2.02. The van der Waals surface area contributed by atoms with Crippen LogP contribution in [0.1, 0.15) is 29.7 Å². The molecule has 0 bridgehead atoms. The molecule has 0 saturated heterocycles. The van der Waals surface area contributed by atoms with E-state index >= 15 is 0 Å². The van der Waals surface area contributed by atoms with Crippen LogP contribution in [0.15, 0.2) is 48.5 Å². The van der Waals surface area contributed by atoms with Gasteiger partial charge in [-0.25, -0.2) is 0 Å². The van der Waals surface area contributed by atoms with Crippen LogP contribution in [0.3, 0.4) is 0 Å². The second kappa shape index (κ2) is 6.34. The Morgan fingerprint density at radius 1 is 1.06 bits per heavy atom. The number of aryl methyl sites for hydroxylation is 1. The van der Waals surface area contributed by atoms with E-state index < -0.39 is 0 Å². The van der Waals surface area contributed by atoms with Gasteiger partial charge < -0.3 is 5.32 Å². The molecule has 0 spiro atoms. The van der Waals surface area contributed by atoms with Crippen molar-refractivity contribution in [3.8, 4) is 0 Å². The smallest absolute Gasteiger partial charge is 0.0574 e. The van der Waals surface area contributed by atoms with Crippen LogP contribution in [-0.2, 0) is 6.42 Å². The number of hydrogen-bond acceptors (Lipinski definition) is 1. The van der Waals surface area contributed by atoms with E-state index in [1.165, 1.54) is 20.3 Å². The first-order valence-electron chi connectivity index (χ1n) is 6.26. The monoisotopic (exact) mass is 351 g/mol. The normalized spacial score (nSPS) is 12.4. The van der Waals surface area contributed by atoms with Gasteiger partial charge >= 0.3 is 0 Å². The molecule has 18 heavy (non-hydrogen) atoms. The third kappa shape index (κ3) is 3.12. The summed E-state index contributed by atoms with van der Waals surface area (Å²) in [6.45, 7) is 2.19. The second-order valence-corrected chi connectivity index (χ2v) is 5.62. The highest BCUT2D eigenvalue weighted by Crippen LogP contribution is 2.23. The number of rotatable bonds is 4. The molecule has 1 N–H and O–H groups in total. The van der Waals surface area contributed by atoms with Gasteiger partial charge in [-0.15, -0.1) is 0 Å². The molecule has 1 atom stereocenters. The third-order valence-electron chi connectivity index (χ3n) is 3.18. The van der Waals surface area contributed by atoms with E-state index in [2.05, 4.69) is 83.4 Å². The molecule has 2 heteroatoms. The van der Waals surface area contributed by atoms with Gasteiger partial charge in [0.1, 0.15) is 0 Å². The van der Waals surface area contributed by atoms with Gasteiger partial charge in [-0.1, -0.05) is 43.3 Å². The van der Waals surface area contributed by atoms with E-state index in [4.69, 9.17) is 0 Å². The molecule has 2 aromatic carbocycles. The maximum Gasteiger partial charge on any atom is 0.0574 e. The second-order valence-electron chi connectivity index (χ2n) is 4.37. The molecule has 94 valence electrons. The van der Waals surface area contributed by atoms with Crippen molar-refractivity contribution in [3.05, 3.63) is 68.8 Å². The molecule has 1 unspecified atom stereocenters. The maximum atomic E-state index is 3.40. The summed E-state index contributed by atoms with van der Waals surface area (Å²) in [6.07, 6.45) is 1.08. The Hall–Kier alpha value is -0.870. The molecule has 0 aliphatic heterocycles. The number of benzene rings is 2. The molecule has 2 rings (SSSR count). The Labute approximate surface area is 123 Å². The number of halogens is 1. The molecule has 0 heterocycles. The lowest BCUT2D eigenvalue weighted by Gasteiger charge is -2.18. The van der Waals surface area contributed by atoms with Crippen molar-refractivity contribution in [2.75, 3.05) is 7.05 Å². The molecule has 0 aliphatic rings. The minimum atomic E-state index is 0.272. The molecule has 0 saturated carbocycles. The lowest BCUT2D eigenvalue weighted by molar-refractivity contribution is 0.690. The Bertz CT molecular complexity index is 505. The number of nitrogens with one attached hydrogen (secondary N) is 1. The fraction of sp³-hybridized carbons (Fsp3) is 0.250. The van der Waals surface area contributed by atoms with Crippen molar-refractivity contribution in [2.24, 2.45) is 0 Å². The fourth-order valence-electron chi connectivity index (χ4n) is 2.17. The average molecular weight is 351 g/mol. The van der Waals surface area contributed by atoms with Gasteiger partial charge in [0.15, 0.2) is 0 Å². The molecule has 0 aromatic heterocycles. The summed E-state index contributed by atoms with van der Waals surface area (Å²) in [5, 5.41) is 3.40. The molecule has 2 aromatic rings. The molecule has 0 amide bonds. The van der Waals surface area contributed by atoms with E-state index in [0.717, 1.165) is 6.42 Å². The first-order valence-corrected chi connectivity index (χ1v) is 7.34. The zero-order valence-electron chi connectivity index (χ0n) is 10.8. The minimum Gasteiger partial charge on any atom is -0.309 e. The first-order chi connectivity index (χ1) is 8.74. The number of hydrogen-bond donors (Lipinski definition) is 1. The van der Waals surface area contributed by atoms with E-state index in [-0.39, 0.29) is 6.04 Å². The van der Waals surface area contributed by atoms with Crippen LogP contribution >= 0.6 is 22.6 Å². The van der Waals surface area contributed by atoms with Crippen LogP contribution < -0.4 is 5.32 Å². The van der Waals surface area contributed by atoms with Crippen molar-refractivity contribution in [1.82, 2.24) is 5.32 Å². The highest BCUT2D eigenvalue weighted by Gasteiger charge is 2.11. The van der Waals surface area contributed by atoms with Crippen molar-refractivity contribution < 1.29 is 0 Å². The van der Waals surface area contributed by atoms with Gasteiger partial charge in [0, 0.05) is 3.57 Å². The van der Waals surface area contributed by atoms with Crippen LogP contribution in [0.25, 0.3) is 0 Å². The Balaban J connectivity index is 2.35. The van der Waals surface area contributed by atoms with Crippen LogP contribution in [0.5, 0.6) is 0 Å². The molecule has 0 fully saturated rings. The predicted molar refractivity (Wildman–Crippen MR) is 85.9 cm³/mol. The SMILES string of the molecule is CCc1cccc(C(NC)c2ccc(I)cc2)c1. The zero-order chi connectivity index (χ0) is 13.0. The molecular weight excluding hydrogens is 333 g/mol. The summed E-state index contributed by atoms with van der Waals surface area (Å²) in [5.41, 5.74) is 4.03. The standard InChI is InChI=1S/C16H18IN/c1-3-12-5-4-6-14(11-12)16(18-2)13-7-9-15(17)10-8-13/h4-11,16,18H,3H2,1-2H3. The quantitative estimate of drug-likeness (QED) is 0.816. The molecule has 0 radical (unpaired) electrons. The van der Waals surface area contributed by atoms with Crippen LogP contribution in [0, 0.1) is 3.57 Å². The summed E-state index contributed by atoms with van der Waals surface area (Å²) in [4.78, 5) is 0. The molecule has 0 aliphatic carbocycles. The first kappa shape index (κ1) is 13.6. The zero-order valence-corrected chi connectivity index (χ0v) is 12.9. The van der Waals surface area contributed by atoms with E-state index in [0.29, 0.717) is 0 Å². The summed E-state index contributed by atoms with van der Waals surface area (Å²) in [5.74, 6) is 0. The summed E-state index contributed by atoms with van der Waals surface area (Å²) >= 11 is 2.34. The van der Waals surface area contributed by atoms with Crippen LogP contribution in [0.2, 0.25) is 0 Å². The van der Waals surface area contributed by atoms with E-state index in [1.807, 2.05) is 7.05 Å². The minimum absolute atomic E-state index is 0.272. The van der Waals surface area contributed by atoms with E-state index in [9.17, 15) is 0 Å². The van der Waals surface area contributed by atoms with Gasteiger partial charge in [0.2, 0.25) is 0 Å². The lowest BCUT2D eigenvalue weighted by Crippen LogP contribution is -2.17. The van der Waals surface area contributed by atoms with E-state index in [1.54, 1.807) is 0 Å². The summed E-state index contributed by atoms with van der Waals surface area (Å²) < 4.78 is 1.27. The fourth-order valence-corrected chi connectivity index (χ4v) is 2.53. The Kier molecular flexibility index (Phi) is 4.78. The van der Waals surface area contributed by atoms with Gasteiger partial charge in [0.05, 0.1) is 6.04 Å². The van der Waals surface area contributed by atoms with Crippen molar-refractivity contribution in [3.63, 3.8) is 0 Å². The van der Waals surface area contributed by atoms with Crippen molar-refractivity contribution in [1.29, 1.82) is 0 Å². The third-order valence-corrected chi connectivity index (χ3v) is 3.90. The summed E-state index contributed by atoms with van der Waals surface area (Å²) in [6, 6.07) is 17.8. The van der Waals surface area contributed by atoms with Gasteiger partial charge in [-0.2, -0.15) is 0 Å². The Morgan fingerprint density at radius 3 is 2.39 bits per heavy atom. The highest BCUT2D eigenvalue weighted by molar-refractivity contribution is 14.1. The molecular formula is C16H18IN. The van der Waals surface area contributed by atoms with Crippen LogP contribution in [0.4, 0.5) is 0 Å². The van der Waals surface area contributed by atoms with Gasteiger partial charge in [-0.3, -0.25) is 0 Å².